The summed E-state index contributed by atoms with van der Waals surface area (Å²) in [7, 11) is -9.00. The van der Waals surface area contributed by atoms with Gasteiger partial charge in [-0.3, -0.25) is 18.9 Å². The van der Waals surface area contributed by atoms with Crippen LogP contribution in [0.25, 0.3) is 21.8 Å². The first-order valence-electron chi connectivity index (χ1n) is 15.8. The summed E-state index contributed by atoms with van der Waals surface area (Å²) in [6.45, 7) is 5.87. The molecule has 2 aromatic heterocycles. The fraction of sp³-hybridized carbons (Fsp3) is 0.438. The van der Waals surface area contributed by atoms with Crippen molar-refractivity contribution in [2.45, 2.75) is 22.9 Å². The van der Waals surface area contributed by atoms with Crippen molar-refractivity contribution in [1.29, 1.82) is 0 Å². The summed E-state index contributed by atoms with van der Waals surface area (Å²) in [5.74, 6) is -0.405. The highest BCUT2D eigenvalue weighted by Crippen LogP contribution is 2.30. The van der Waals surface area contributed by atoms with E-state index < -0.39 is 20.2 Å². The third-order valence-corrected chi connectivity index (χ3v) is 9.81. The van der Waals surface area contributed by atoms with Gasteiger partial charge in [-0.05, 0) is 48.5 Å². The zero-order valence-electron chi connectivity index (χ0n) is 27.2. The molecule has 4 aromatic rings. The van der Waals surface area contributed by atoms with Crippen LogP contribution in [0.15, 0.2) is 58.3 Å². The molecule has 0 radical (unpaired) electrons. The number of aromatic hydroxyl groups is 2. The first-order valence-corrected chi connectivity index (χ1v) is 18.7. The number of ether oxygens (including phenoxy) is 4. The Balaban J connectivity index is 1.16. The zero-order valence-corrected chi connectivity index (χ0v) is 28.8. The predicted molar refractivity (Wildman–Crippen MR) is 180 cm³/mol. The number of rotatable bonds is 6. The Kier molecular flexibility index (Phi) is 12.9. The molecule has 1 aliphatic rings. The van der Waals surface area contributed by atoms with E-state index in [0.29, 0.717) is 104 Å². The molecular weight excluding hydrogens is 697 g/mol. The third-order valence-electron chi connectivity index (χ3n) is 7.99. The number of hydrogen-bond acceptors (Lipinski definition) is 14. The molecule has 50 heavy (non-hydrogen) atoms. The van der Waals surface area contributed by atoms with E-state index in [1.807, 2.05) is 0 Å². The van der Waals surface area contributed by atoms with E-state index >= 15 is 0 Å². The molecule has 0 spiro atoms. The number of hydrogen-bond donors (Lipinski definition) is 4. The minimum Gasteiger partial charge on any atom is -0.506 e. The van der Waals surface area contributed by atoms with Gasteiger partial charge in [-0.15, -0.1) is 0 Å². The molecule has 16 nitrogen and oxygen atoms in total. The SMILES string of the molecule is O=S(=O)(O)c1ccc(O)c2nc(CN3CCOCCOCCN(Cc4ccc5c(S(=O)(=O)O)ccc(O)c5n4)CCOCCOCC3)ccc12. The highest BCUT2D eigenvalue weighted by Gasteiger charge is 2.19. The maximum atomic E-state index is 11.8. The molecule has 0 amide bonds. The smallest absolute Gasteiger partial charge is 0.295 e. The van der Waals surface area contributed by atoms with E-state index in [2.05, 4.69) is 19.8 Å². The van der Waals surface area contributed by atoms with Crippen molar-refractivity contribution in [3.8, 4) is 11.5 Å². The molecule has 1 saturated heterocycles. The molecule has 272 valence electrons. The van der Waals surface area contributed by atoms with Gasteiger partial charge in [0.25, 0.3) is 20.2 Å². The average Bonchev–Trinajstić information content (AvgIpc) is 3.06. The van der Waals surface area contributed by atoms with Crippen molar-refractivity contribution in [3.05, 3.63) is 59.9 Å². The topological polar surface area (TPSA) is 218 Å². The lowest BCUT2D eigenvalue weighted by atomic mass is 10.2. The van der Waals surface area contributed by atoms with Gasteiger partial charge in [0.15, 0.2) is 0 Å². The highest BCUT2D eigenvalue weighted by molar-refractivity contribution is 7.86. The molecule has 5 rings (SSSR count). The van der Waals surface area contributed by atoms with E-state index in [1.165, 1.54) is 24.3 Å². The summed E-state index contributed by atoms with van der Waals surface area (Å²) in [6, 6.07) is 10.9. The van der Waals surface area contributed by atoms with Gasteiger partial charge >= 0.3 is 0 Å². The number of phenols is 2. The summed E-state index contributed by atoms with van der Waals surface area (Å²) >= 11 is 0. The van der Waals surface area contributed by atoms with Gasteiger partial charge in [0, 0.05) is 50.0 Å². The largest absolute Gasteiger partial charge is 0.506 e. The second-order valence-electron chi connectivity index (χ2n) is 11.5. The number of nitrogens with zero attached hydrogens (tertiary/aromatic N) is 4. The van der Waals surface area contributed by atoms with Crippen molar-refractivity contribution in [3.63, 3.8) is 0 Å². The first-order chi connectivity index (χ1) is 23.9. The van der Waals surface area contributed by atoms with Gasteiger partial charge < -0.3 is 29.2 Å². The first kappa shape index (κ1) is 37.7. The van der Waals surface area contributed by atoms with Crippen LogP contribution in [-0.2, 0) is 52.3 Å². The Bertz CT molecular complexity index is 1830. The zero-order chi connectivity index (χ0) is 35.7. The number of benzene rings is 2. The van der Waals surface area contributed by atoms with E-state index in [9.17, 15) is 36.2 Å². The minimum absolute atomic E-state index is 0.0708. The summed E-state index contributed by atoms with van der Waals surface area (Å²) in [4.78, 5) is 12.4. The van der Waals surface area contributed by atoms with Crippen LogP contribution in [0.5, 0.6) is 11.5 Å². The molecule has 18 heteroatoms. The Hall–Kier alpha value is -3.56. The van der Waals surface area contributed by atoms with Crippen LogP contribution in [0.1, 0.15) is 11.4 Å². The van der Waals surface area contributed by atoms with E-state index in [4.69, 9.17) is 18.9 Å². The van der Waals surface area contributed by atoms with Gasteiger partial charge in [0.1, 0.15) is 32.3 Å². The minimum atomic E-state index is -4.50. The van der Waals surface area contributed by atoms with Crippen LogP contribution >= 0.6 is 0 Å². The second kappa shape index (κ2) is 17.1. The lowest BCUT2D eigenvalue weighted by Gasteiger charge is -2.23. The van der Waals surface area contributed by atoms with Crippen LogP contribution < -0.4 is 0 Å². The molecule has 4 N–H and O–H groups in total. The molecular formula is C32H40N4O12S2. The summed E-state index contributed by atoms with van der Waals surface area (Å²) < 4.78 is 89.5. The van der Waals surface area contributed by atoms with Crippen molar-refractivity contribution < 1.29 is 55.1 Å². The van der Waals surface area contributed by atoms with Crippen LogP contribution in [0.2, 0.25) is 0 Å². The molecule has 1 aliphatic heterocycles. The van der Waals surface area contributed by atoms with Crippen molar-refractivity contribution >= 4 is 42.0 Å². The predicted octanol–water partition coefficient (Wildman–Crippen LogP) is 2.07. The normalized spacial score (nSPS) is 17.8. The maximum absolute atomic E-state index is 11.8. The molecule has 1 fully saturated rings. The maximum Gasteiger partial charge on any atom is 0.295 e. The van der Waals surface area contributed by atoms with Gasteiger partial charge in [-0.1, -0.05) is 0 Å². The molecule has 0 atom stereocenters. The summed E-state index contributed by atoms with van der Waals surface area (Å²) in [6.07, 6.45) is 0. The lowest BCUT2D eigenvalue weighted by molar-refractivity contribution is 0.00601. The van der Waals surface area contributed by atoms with E-state index in [1.54, 1.807) is 12.1 Å². The fourth-order valence-electron chi connectivity index (χ4n) is 5.48. The number of pyridine rings is 2. The Morgan fingerprint density at radius 3 is 1.18 bits per heavy atom. The van der Waals surface area contributed by atoms with E-state index in [0.717, 1.165) is 12.1 Å². The third kappa shape index (κ3) is 10.3. The molecule has 2 aromatic carbocycles. The molecule has 0 saturated carbocycles. The average molecular weight is 737 g/mol. The van der Waals surface area contributed by atoms with Crippen molar-refractivity contribution in [2.24, 2.45) is 0 Å². The molecule has 0 bridgehead atoms. The van der Waals surface area contributed by atoms with Gasteiger partial charge in [0.05, 0.1) is 64.2 Å². The number of fused-ring (bicyclic) bond motifs is 2. The van der Waals surface area contributed by atoms with Crippen LogP contribution in [-0.4, -0.2) is 135 Å². The van der Waals surface area contributed by atoms with Gasteiger partial charge in [-0.25, -0.2) is 9.97 Å². The Morgan fingerprint density at radius 2 is 0.860 bits per heavy atom. The van der Waals surface area contributed by atoms with Crippen LogP contribution in [0.4, 0.5) is 0 Å². The second-order valence-corrected chi connectivity index (χ2v) is 14.3. The molecule has 0 unspecified atom stereocenters. The monoisotopic (exact) mass is 736 g/mol. The Labute approximate surface area is 289 Å². The van der Waals surface area contributed by atoms with Gasteiger partial charge in [0.2, 0.25) is 0 Å². The summed E-state index contributed by atoms with van der Waals surface area (Å²) in [5.41, 5.74) is 1.30. The summed E-state index contributed by atoms with van der Waals surface area (Å²) in [5, 5.41) is 20.9. The standard InChI is InChI=1S/C32H40N4O12S2/c37-27-5-7-29(49(39,40)41)25-3-1-23(33-31(25)27)21-35-9-13-45-17-19-47-15-11-36(12-16-48-20-18-46-14-10-35)22-24-2-4-26-30(50(42,43)44)8-6-28(38)32(26)34-24/h1-8,37-38H,9-22H2,(H,39,40,41)(H,42,43,44). The number of phenolic OH excluding ortho intramolecular Hbond substituents is 2. The fourth-order valence-corrected chi connectivity index (χ4v) is 6.84. The van der Waals surface area contributed by atoms with E-state index in [-0.39, 0.29) is 43.1 Å². The van der Waals surface area contributed by atoms with Crippen molar-refractivity contribution in [1.82, 2.24) is 19.8 Å². The van der Waals surface area contributed by atoms with Gasteiger partial charge in [-0.2, -0.15) is 16.8 Å². The quantitative estimate of drug-likeness (QED) is 0.208. The van der Waals surface area contributed by atoms with Crippen LogP contribution in [0.3, 0.4) is 0 Å². The van der Waals surface area contributed by atoms with Crippen molar-refractivity contribution in [2.75, 3.05) is 79.0 Å². The lowest BCUT2D eigenvalue weighted by Crippen LogP contribution is -2.33. The number of aromatic nitrogens is 2. The molecule has 0 aliphatic carbocycles. The van der Waals surface area contributed by atoms with Crippen LogP contribution in [0, 0.1) is 0 Å². The molecule has 3 heterocycles. The Morgan fingerprint density at radius 1 is 0.520 bits per heavy atom. The highest BCUT2D eigenvalue weighted by atomic mass is 32.2.